The second kappa shape index (κ2) is 5.59. The quantitative estimate of drug-likeness (QED) is 0.939. The van der Waals surface area contributed by atoms with E-state index in [1.807, 2.05) is 0 Å². The molecule has 1 heterocycles. The van der Waals surface area contributed by atoms with Crippen molar-refractivity contribution in [3.05, 3.63) is 28.2 Å². The SMILES string of the molecule is CC(C)C(=O)Nc1nnc(-c2ccc(Cl)cc2Cl)o1. The van der Waals surface area contributed by atoms with Crippen LogP contribution in [0, 0.1) is 5.92 Å². The Morgan fingerprint density at radius 2 is 2.05 bits per heavy atom. The number of carbonyl (C=O) groups excluding carboxylic acids is 1. The zero-order chi connectivity index (χ0) is 14.0. The Labute approximate surface area is 119 Å². The molecule has 2 rings (SSSR count). The molecule has 1 amide bonds. The number of hydrogen-bond acceptors (Lipinski definition) is 4. The van der Waals surface area contributed by atoms with Gasteiger partial charge in [-0.2, -0.15) is 0 Å². The van der Waals surface area contributed by atoms with Crippen molar-refractivity contribution < 1.29 is 9.21 Å². The van der Waals surface area contributed by atoms with Gasteiger partial charge in [-0.05, 0) is 18.2 Å². The summed E-state index contributed by atoms with van der Waals surface area (Å²) in [4.78, 5) is 11.5. The van der Waals surface area contributed by atoms with Crippen LogP contribution >= 0.6 is 23.2 Å². The first-order valence-electron chi connectivity index (χ1n) is 5.57. The highest BCUT2D eigenvalue weighted by Gasteiger charge is 2.15. The molecule has 0 unspecified atom stereocenters. The molecular weight excluding hydrogens is 289 g/mol. The van der Waals surface area contributed by atoms with Crippen molar-refractivity contribution in [2.45, 2.75) is 13.8 Å². The molecule has 100 valence electrons. The number of nitrogens with one attached hydrogen (secondary N) is 1. The molecule has 2 aromatic rings. The first-order chi connectivity index (χ1) is 8.97. The molecule has 1 aromatic carbocycles. The zero-order valence-electron chi connectivity index (χ0n) is 10.3. The normalized spacial score (nSPS) is 10.8. The number of nitrogens with zero attached hydrogens (tertiary/aromatic N) is 2. The fraction of sp³-hybridized carbons (Fsp3) is 0.250. The molecule has 19 heavy (non-hydrogen) atoms. The molecule has 0 aliphatic heterocycles. The fourth-order valence-corrected chi connectivity index (χ4v) is 1.78. The number of carbonyl (C=O) groups is 1. The number of aromatic nitrogens is 2. The van der Waals surface area contributed by atoms with E-state index in [-0.39, 0.29) is 23.7 Å². The third kappa shape index (κ3) is 3.24. The maximum atomic E-state index is 11.5. The van der Waals surface area contributed by atoms with E-state index in [0.717, 1.165) is 0 Å². The van der Waals surface area contributed by atoms with Gasteiger partial charge in [-0.25, -0.2) is 0 Å². The molecule has 1 aromatic heterocycles. The summed E-state index contributed by atoms with van der Waals surface area (Å²) >= 11 is 11.8. The smallest absolute Gasteiger partial charge is 0.322 e. The van der Waals surface area contributed by atoms with Gasteiger partial charge >= 0.3 is 6.01 Å². The highest BCUT2D eigenvalue weighted by Crippen LogP contribution is 2.30. The number of halogens is 2. The van der Waals surface area contributed by atoms with Gasteiger partial charge in [0.25, 0.3) is 5.89 Å². The van der Waals surface area contributed by atoms with E-state index in [2.05, 4.69) is 15.5 Å². The van der Waals surface area contributed by atoms with E-state index in [1.54, 1.807) is 32.0 Å². The molecule has 0 saturated heterocycles. The lowest BCUT2D eigenvalue weighted by Crippen LogP contribution is -2.17. The first-order valence-corrected chi connectivity index (χ1v) is 6.32. The monoisotopic (exact) mass is 299 g/mol. The fourth-order valence-electron chi connectivity index (χ4n) is 1.30. The molecule has 0 spiro atoms. The maximum Gasteiger partial charge on any atom is 0.322 e. The summed E-state index contributed by atoms with van der Waals surface area (Å²) < 4.78 is 5.33. The van der Waals surface area contributed by atoms with Crippen LogP contribution in [0.2, 0.25) is 10.0 Å². The predicted molar refractivity (Wildman–Crippen MR) is 73.2 cm³/mol. The minimum Gasteiger partial charge on any atom is -0.403 e. The van der Waals surface area contributed by atoms with Crippen LogP contribution in [0.4, 0.5) is 6.01 Å². The zero-order valence-corrected chi connectivity index (χ0v) is 11.8. The highest BCUT2D eigenvalue weighted by atomic mass is 35.5. The molecule has 0 atom stereocenters. The van der Waals surface area contributed by atoms with E-state index in [4.69, 9.17) is 27.6 Å². The van der Waals surface area contributed by atoms with Crippen molar-refractivity contribution in [3.8, 4) is 11.5 Å². The lowest BCUT2D eigenvalue weighted by atomic mass is 10.2. The molecular formula is C12H11Cl2N3O2. The summed E-state index contributed by atoms with van der Waals surface area (Å²) in [5.41, 5.74) is 0.559. The lowest BCUT2D eigenvalue weighted by molar-refractivity contribution is -0.119. The van der Waals surface area contributed by atoms with Gasteiger partial charge in [0.1, 0.15) is 0 Å². The Morgan fingerprint density at radius 3 is 2.68 bits per heavy atom. The molecule has 7 heteroatoms. The molecule has 0 aliphatic carbocycles. The van der Waals surface area contributed by atoms with Crippen molar-refractivity contribution in [3.63, 3.8) is 0 Å². The third-order valence-electron chi connectivity index (χ3n) is 2.34. The van der Waals surface area contributed by atoms with Crippen LogP contribution in [0.15, 0.2) is 22.6 Å². The lowest BCUT2D eigenvalue weighted by Gasteiger charge is -2.02. The van der Waals surface area contributed by atoms with E-state index in [0.29, 0.717) is 15.6 Å². The third-order valence-corrected chi connectivity index (χ3v) is 2.89. The van der Waals surface area contributed by atoms with Crippen molar-refractivity contribution >= 4 is 35.1 Å². The van der Waals surface area contributed by atoms with Gasteiger partial charge < -0.3 is 4.42 Å². The van der Waals surface area contributed by atoms with Crippen LogP contribution in [0.3, 0.4) is 0 Å². The Balaban J connectivity index is 2.23. The minimum absolute atomic E-state index is 0.0414. The van der Waals surface area contributed by atoms with Gasteiger partial charge in [0.2, 0.25) is 5.91 Å². The molecule has 0 fully saturated rings. The van der Waals surface area contributed by atoms with Crippen molar-refractivity contribution in [1.82, 2.24) is 10.2 Å². The van der Waals surface area contributed by atoms with E-state index >= 15 is 0 Å². The molecule has 0 bridgehead atoms. The molecule has 0 aliphatic rings. The summed E-state index contributed by atoms with van der Waals surface area (Å²) in [7, 11) is 0. The average Bonchev–Trinajstić information content (AvgIpc) is 2.77. The summed E-state index contributed by atoms with van der Waals surface area (Å²) in [6, 6.07) is 4.96. The standard InChI is InChI=1S/C12H11Cl2N3O2/c1-6(2)10(18)15-12-17-16-11(19-12)8-4-3-7(13)5-9(8)14/h3-6H,1-2H3,(H,15,17,18). The van der Waals surface area contributed by atoms with Gasteiger partial charge in [-0.3, -0.25) is 10.1 Å². The molecule has 1 N–H and O–H groups in total. The van der Waals surface area contributed by atoms with Crippen LogP contribution in [-0.4, -0.2) is 16.1 Å². The second-order valence-electron chi connectivity index (χ2n) is 4.18. The molecule has 5 nitrogen and oxygen atoms in total. The largest absolute Gasteiger partial charge is 0.403 e. The Bertz CT molecular complexity index is 611. The van der Waals surface area contributed by atoms with Gasteiger partial charge in [-0.1, -0.05) is 42.1 Å². The van der Waals surface area contributed by atoms with Gasteiger partial charge in [0.05, 0.1) is 10.6 Å². The van der Waals surface area contributed by atoms with Crippen molar-refractivity contribution in [2.75, 3.05) is 5.32 Å². The highest BCUT2D eigenvalue weighted by molar-refractivity contribution is 6.36. The average molecular weight is 300 g/mol. The Hall–Kier alpha value is -1.59. The molecule has 0 saturated carbocycles. The topological polar surface area (TPSA) is 68.0 Å². The number of anilines is 1. The maximum absolute atomic E-state index is 11.5. The second-order valence-corrected chi connectivity index (χ2v) is 5.02. The number of rotatable bonds is 3. The summed E-state index contributed by atoms with van der Waals surface area (Å²) in [5, 5.41) is 11.0. The summed E-state index contributed by atoms with van der Waals surface area (Å²) in [5.74, 6) is -0.146. The van der Waals surface area contributed by atoms with Crippen LogP contribution in [0.25, 0.3) is 11.5 Å². The predicted octanol–water partition coefficient (Wildman–Crippen LogP) is 3.64. The van der Waals surface area contributed by atoms with Crippen molar-refractivity contribution in [1.29, 1.82) is 0 Å². The number of hydrogen-bond donors (Lipinski definition) is 1. The minimum atomic E-state index is -0.197. The van der Waals surface area contributed by atoms with E-state index in [1.165, 1.54) is 0 Å². The Kier molecular flexibility index (Phi) is 4.07. The van der Waals surface area contributed by atoms with Crippen LogP contribution in [0.5, 0.6) is 0 Å². The van der Waals surface area contributed by atoms with Crippen LogP contribution in [-0.2, 0) is 4.79 Å². The summed E-state index contributed by atoms with van der Waals surface area (Å²) in [6.45, 7) is 3.53. The van der Waals surface area contributed by atoms with E-state index < -0.39 is 0 Å². The molecule has 0 radical (unpaired) electrons. The van der Waals surface area contributed by atoms with Crippen LogP contribution < -0.4 is 5.32 Å². The van der Waals surface area contributed by atoms with E-state index in [9.17, 15) is 4.79 Å². The van der Waals surface area contributed by atoms with Crippen molar-refractivity contribution in [2.24, 2.45) is 5.92 Å². The Morgan fingerprint density at radius 1 is 1.32 bits per heavy atom. The first kappa shape index (κ1) is 13.8. The van der Waals surface area contributed by atoms with Gasteiger partial charge in [0.15, 0.2) is 0 Å². The number of benzene rings is 1. The summed E-state index contributed by atoms with van der Waals surface area (Å²) in [6.07, 6.45) is 0. The van der Waals surface area contributed by atoms with Gasteiger partial charge in [-0.15, -0.1) is 5.10 Å². The van der Waals surface area contributed by atoms with Crippen LogP contribution in [0.1, 0.15) is 13.8 Å². The number of amides is 1. The van der Waals surface area contributed by atoms with Gasteiger partial charge in [0, 0.05) is 10.9 Å².